The van der Waals surface area contributed by atoms with Gasteiger partial charge in [0.25, 0.3) is 0 Å². The molecule has 1 N–H and O–H groups in total. The van der Waals surface area contributed by atoms with Crippen molar-refractivity contribution in [3.8, 4) is 5.75 Å². The molecule has 128 valence electrons. The molecule has 9 heteroatoms. The van der Waals surface area contributed by atoms with Crippen LogP contribution in [0.15, 0.2) is 36.4 Å². The van der Waals surface area contributed by atoms with Gasteiger partial charge in [0.05, 0.1) is 16.1 Å². The van der Waals surface area contributed by atoms with Crippen LogP contribution in [0.2, 0.25) is 5.02 Å². The second kappa shape index (κ2) is 6.01. The highest BCUT2D eigenvalue weighted by atomic mass is 35.5. The summed E-state index contributed by atoms with van der Waals surface area (Å²) in [6.45, 7) is 0. The van der Waals surface area contributed by atoms with Crippen molar-refractivity contribution in [2.24, 2.45) is 0 Å². The predicted octanol–water partition coefficient (Wildman–Crippen LogP) is 5.31. The van der Waals surface area contributed by atoms with Gasteiger partial charge in [0.1, 0.15) is 5.75 Å². The van der Waals surface area contributed by atoms with Crippen molar-refractivity contribution in [1.29, 1.82) is 0 Å². The zero-order valence-electron chi connectivity index (χ0n) is 11.5. The summed E-state index contributed by atoms with van der Waals surface area (Å²) in [5, 5.41) is 8.57. The highest BCUT2D eigenvalue weighted by Gasteiger charge is 2.36. The monoisotopic (exact) mass is 368 g/mol. The van der Waals surface area contributed by atoms with Gasteiger partial charge in [-0.15, -0.1) is 0 Å². The highest BCUT2D eigenvalue weighted by molar-refractivity contribution is 6.31. The number of alkyl halides is 6. The molecule has 0 aliphatic rings. The van der Waals surface area contributed by atoms with Gasteiger partial charge < -0.3 is 5.11 Å². The van der Waals surface area contributed by atoms with Crippen LogP contribution in [0.25, 0.3) is 0 Å². The van der Waals surface area contributed by atoms with Gasteiger partial charge in [-0.05, 0) is 36.4 Å². The van der Waals surface area contributed by atoms with Crippen LogP contribution >= 0.6 is 11.6 Å². The number of rotatable bonds is 2. The first-order valence-corrected chi connectivity index (χ1v) is 6.60. The number of halogens is 7. The minimum atomic E-state index is -4.92. The number of hydrogen-bond acceptors (Lipinski definition) is 2. The Morgan fingerprint density at radius 3 is 1.79 bits per heavy atom. The summed E-state index contributed by atoms with van der Waals surface area (Å²) in [4.78, 5) is 12.2. The fraction of sp³-hybridized carbons (Fsp3) is 0.133. The molecule has 0 saturated heterocycles. The number of benzene rings is 2. The maximum Gasteiger partial charge on any atom is 0.419 e. The summed E-state index contributed by atoms with van der Waals surface area (Å²) < 4.78 is 76.6. The SMILES string of the molecule is O=C(c1ccc(O)c(C(F)(F)F)c1)c1ccc(Cl)c(C(F)(F)F)c1. The average Bonchev–Trinajstić information content (AvgIpc) is 2.45. The van der Waals surface area contributed by atoms with Crippen LogP contribution < -0.4 is 0 Å². The number of aromatic hydroxyl groups is 1. The van der Waals surface area contributed by atoms with Gasteiger partial charge in [0.2, 0.25) is 0 Å². The fourth-order valence-corrected chi connectivity index (χ4v) is 2.18. The molecule has 2 aromatic carbocycles. The summed E-state index contributed by atoms with van der Waals surface area (Å²) in [5.41, 5.74) is -3.73. The van der Waals surface area contributed by atoms with E-state index >= 15 is 0 Å². The molecule has 0 aromatic heterocycles. The van der Waals surface area contributed by atoms with Crippen molar-refractivity contribution < 1.29 is 36.2 Å². The maximum atomic E-state index is 12.8. The van der Waals surface area contributed by atoms with E-state index in [4.69, 9.17) is 11.6 Å². The highest BCUT2D eigenvalue weighted by Crippen LogP contribution is 2.38. The molecule has 0 heterocycles. The Kier molecular flexibility index (Phi) is 4.54. The largest absolute Gasteiger partial charge is 0.507 e. The molecule has 0 spiro atoms. The standard InChI is InChI=1S/C15H7ClF6O2/c16-11-3-1-7(5-9(11)14(17,18)19)13(24)8-2-4-12(23)10(6-8)15(20,21)22/h1-6,23H. The van der Waals surface area contributed by atoms with E-state index in [0.717, 1.165) is 18.2 Å². The van der Waals surface area contributed by atoms with Gasteiger partial charge in [-0.25, -0.2) is 0 Å². The van der Waals surface area contributed by atoms with Crippen molar-refractivity contribution in [2.75, 3.05) is 0 Å². The van der Waals surface area contributed by atoms with Gasteiger partial charge >= 0.3 is 12.4 Å². The molecule has 2 rings (SSSR count). The topological polar surface area (TPSA) is 37.3 Å². The van der Waals surface area contributed by atoms with Crippen molar-refractivity contribution in [1.82, 2.24) is 0 Å². The third-order valence-corrected chi connectivity index (χ3v) is 3.43. The molecular formula is C15H7ClF6O2. The average molecular weight is 369 g/mol. The Bertz CT molecular complexity index is 730. The van der Waals surface area contributed by atoms with Crippen molar-refractivity contribution in [3.05, 3.63) is 63.7 Å². The van der Waals surface area contributed by atoms with E-state index in [1.165, 1.54) is 0 Å². The van der Waals surface area contributed by atoms with E-state index in [-0.39, 0.29) is 0 Å². The molecule has 2 aromatic rings. The molecule has 0 aliphatic heterocycles. The number of hydrogen-bond donors (Lipinski definition) is 1. The fourth-order valence-electron chi connectivity index (χ4n) is 1.95. The zero-order valence-corrected chi connectivity index (χ0v) is 12.2. The van der Waals surface area contributed by atoms with Gasteiger partial charge in [-0.1, -0.05) is 11.6 Å². The van der Waals surface area contributed by atoms with E-state index in [1.807, 2.05) is 0 Å². The van der Waals surface area contributed by atoms with Crippen molar-refractivity contribution in [3.63, 3.8) is 0 Å². The Morgan fingerprint density at radius 2 is 1.29 bits per heavy atom. The van der Waals surface area contributed by atoms with E-state index in [9.17, 15) is 36.2 Å². The first-order valence-electron chi connectivity index (χ1n) is 6.23. The van der Waals surface area contributed by atoms with Gasteiger partial charge in [-0.2, -0.15) is 26.3 Å². The van der Waals surface area contributed by atoms with Crippen LogP contribution in [0.3, 0.4) is 0 Å². The van der Waals surface area contributed by atoms with Gasteiger partial charge in [0.15, 0.2) is 5.78 Å². The lowest BCUT2D eigenvalue weighted by atomic mass is 9.99. The smallest absolute Gasteiger partial charge is 0.419 e. The van der Waals surface area contributed by atoms with Crippen LogP contribution in [0, 0.1) is 0 Å². The van der Waals surface area contributed by atoms with E-state index < -0.39 is 51.2 Å². The molecule has 0 fully saturated rings. The summed E-state index contributed by atoms with van der Waals surface area (Å²) in [6.07, 6.45) is -9.74. The van der Waals surface area contributed by atoms with Crippen LogP contribution in [0.1, 0.15) is 27.0 Å². The summed E-state index contributed by atoms with van der Waals surface area (Å²) in [5.74, 6) is -2.16. The number of phenolic OH excluding ortho intramolecular Hbond substituents is 1. The molecule has 0 amide bonds. The molecular weight excluding hydrogens is 362 g/mol. The van der Waals surface area contributed by atoms with Crippen molar-refractivity contribution >= 4 is 17.4 Å². The second-order valence-corrected chi connectivity index (χ2v) is 5.16. The van der Waals surface area contributed by atoms with Crippen LogP contribution in [-0.2, 0) is 12.4 Å². The Labute approximate surface area is 136 Å². The van der Waals surface area contributed by atoms with Gasteiger partial charge in [-0.3, -0.25) is 4.79 Å². The lowest BCUT2D eigenvalue weighted by Crippen LogP contribution is -2.11. The van der Waals surface area contributed by atoms with E-state index in [0.29, 0.717) is 18.2 Å². The first kappa shape index (κ1) is 18.1. The molecule has 0 radical (unpaired) electrons. The molecule has 0 bridgehead atoms. The third kappa shape index (κ3) is 3.64. The Balaban J connectivity index is 2.51. The van der Waals surface area contributed by atoms with E-state index in [1.54, 1.807) is 0 Å². The minimum absolute atomic E-state index is 0.375. The normalized spacial score (nSPS) is 12.3. The Hall–Kier alpha value is -2.22. The lowest BCUT2D eigenvalue weighted by molar-refractivity contribution is -0.139. The zero-order chi connectivity index (χ0) is 18.3. The number of carbonyl (C=O) groups is 1. The molecule has 24 heavy (non-hydrogen) atoms. The lowest BCUT2D eigenvalue weighted by Gasteiger charge is -2.12. The molecule has 0 unspecified atom stereocenters. The number of ketones is 1. The Morgan fingerprint density at radius 1 is 0.833 bits per heavy atom. The van der Waals surface area contributed by atoms with Crippen LogP contribution in [-0.4, -0.2) is 10.9 Å². The van der Waals surface area contributed by atoms with Crippen LogP contribution in [0.4, 0.5) is 26.3 Å². The predicted molar refractivity (Wildman–Crippen MR) is 73.0 cm³/mol. The summed E-state index contributed by atoms with van der Waals surface area (Å²) in [6, 6.07) is 4.18. The first-order chi connectivity index (χ1) is 10.9. The van der Waals surface area contributed by atoms with Gasteiger partial charge in [0, 0.05) is 11.1 Å². The molecule has 2 nitrogen and oxygen atoms in total. The summed E-state index contributed by atoms with van der Waals surface area (Å²) in [7, 11) is 0. The second-order valence-electron chi connectivity index (χ2n) is 4.75. The third-order valence-electron chi connectivity index (χ3n) is 3.10. The molecule has 0 saturated carbocycles. The van der Waals surface area contributed by atoms with E-state index in [2.05, 4.69) is 0 Å². The molecule has 0 atom stereocenters. The summed E-state index contributed by atoms with van der Waals surface area (Å²) >= 11 is 5.42. The molecule has 0 aliphatic carbocycles. The quantitative estimate of drug-likeness (QED) is 0.576. The minimum Gasteiger partial charge on any atom is -0.507 e. The van der Waals surface area contributed by atoms with Crippen LogP contribution in [0.5, 0.6) is 5.75 Å². The number of phenols is 1. The van der Waals surface area contributed by atoms with Crippen molar-refractivity contribution in [2.45, 2.75) is 12.4 Å². The number of carbonyl (C=O) groups excluding carboxylic acids is 1. The maximum absolute atomic E-state index is 12.8.